The molecule has 3 heterocycles. The van der Waals surface area contributed by atoms with Gasteiger partial charge < -0.3 is 19.9 Å². The van der Waals surface area contributed by atoms with E-state index in [2.05, 4.69) is 30.9 Å². The van der Waals surface area contributed by atoms with Gasteiger partial charge in [-0.2, -0.15) is 5.10 Å². The first-order valence-electron chi connectivity index (χ1n) is 10.0. The Morgan fingerprint density at radius 1 is 1.26 bits per heavy atom. The van der Waals surface area contributed by atoms with Gasteiger partial charge in [0.2, 0.25) is 0 Å². The van der Waals surface area contributed by atoms with Crippen molar-refractivity contribution in [2.75, 3.05) is 7.11 Å². The van der Waals surface area contributed by atoms with Crippen molar-refractivity contribution in [1.29, 1.82) is 0 Å². The number of aliphatic imine (C=N–C) groups is 1. The monoisotopic (exact) mass is 537 g/mol. The zero-order chi connectivity index (χ0) is 20.9. The summed E-state index contributed by atoms with van der Waals surface area (Å²) in [6.45, 7) is 3.79. The van der Waals surface area contributed by atoms with Crippen LogP contribution in [0.15, 0.2) is 35.6 Å². The third kappa shape index (κ3) is 5.71. The Balaban J connectivity index is 0.00000272. The van der Waals surface area contributed by atoms with Crippen molar-refractivity contribution in [2.24, 2.45) is 12.0 Å². The Morgan fingerprint density at radius 2 is 2.06 bits per heavy atom. The lowest BCUT2D eigenvalue weighted by Gasteiger charge is -2.25. The summed E-state index contributed by atoms with van der Waals surface area (Å²) in [5.74, 6) is 4.34. The van der Waals surface area contributed by atoms with E-state index in [4.69, 9.17) is 9.73 Å². The molecule has 0 radical (unpaired) electrons. The zero-order valence-electron chi connectivity index (χ0n) is 17.9. The van der Waals surface area contributed by atoms with E-state index in [1.807, 2.05) is 47.5 Å². The van der Waals surface area contributed by atoms with Gasteiger partial charge in [0.15, 0.2) is 11.8 Å². The lowest BCUT2D eigenvalue weighted by Crippen LogP contribution is -2.47. The average Bonchev–Trinajstić information content (AvgIpc) is 3.37. The van der Waals surface area contributed by atoms with Crippen molar-refractivity contribution in [3.63, 3.8) is 0 Å². The number of ether oxygens (including phenoxy) is 1. The maximum Gasteiger partial charge on any atom is 0.192 e. The highest BCUT2D eigenvalue weighted by Gasteiger charge is 2.21. The molecule has 0 aliphatic carbocycles. The zero-order valence-corrected chi connectivity index (χ0v) is 20.3. The van der Waals surface area contributed by atoms with Crippen molar-refractivity contribution in [3.05, 3.63) is 53.6 Å². The molecule has 2 N–H and O–H groups in total. The fourth-order valence-electron chi connectivity index (χ4n) is 3.37. The van der Waals surface area contributed by atoms with E-state index in [0.29, 0.717) is 13.1 Å². The predicted molar refractivity (Wildman–Crippen MR) is 127 cm³/mol. The number of rotatable bonds is 6. The predicted octanol–water partition coefficient (Wildman–Crippen LogP) is 1.59. The van der Waals surface area contributed by atoms with Crippen molar-refractivity contribution < 1.29 is 4.74 Å². The van der Waals surface area contributed by atoms with E-state index in [-0.39, 0.29) is 30.0 Å². The average molecular weight is 537 g/mol. The molecule has 0 fully saturated rings. The van der Waals surface area contributed by atoms with Crippen molar-refractivity contribution in [1.82, 2.24) is 40.2 Å². The smallest absolute Gasteiger partial charge is 0.192 e. The van der Waals surface area contributed by atoms with Crippen LogP contribution in [0.2, 0.25) is 0 Å². The molecule has 10 nitrogen and oxygen atoms in total. The van der Waals surface area contributed by atoms with Crippen molar-refractivity contribution >= 4 is 29.9 Å². The van der Waals surface area contributed by atoms with Crippen LogP contribution in [0.5, 0.6) is 5.75 Å². The van der Waals surface area contributed by atoms with Crippen LogP contribution >= 0.6 is 24.0 Å². The van der Waals surface area contributed by atoms with Gasteiger partial charge in [-0.05, 0) is 31.0 Å². The van der Waals surface area contributed by atoms with Crippen LogP contribution in [0.1, 0.15) is 29.5 Å². The number of hydrogen-bond acceptors (Lipinski definition) is 6. The molecule has 166 valence electrons. The van der Waals surface area contributed by atoms with E-state index >= 15 is 0 Å². The largest absolute Gasteiger partial charge is 0.497 e. The van der Waals surface area contributed by atoms with Crippen molar-refractivity contribution in [2.45, 2.75) is 45.4 Å². The second-order valence-electron chi connectivity index (χ2n) is 7.33. The minimum Gasteiger partial charge on any atom is -0.497 e. The van der Waals surface area contributed by atoms with Gasteiger partial charge >= 0.3 is 0 Å². The molecule has 1 unspecified atom stereocenters. The summed E-state index contributed by atoms with van der Waals surface area (Å²) in [6.07, 6.45) is 3.49. The standard InChI is InChI=1S/C20H27N9O.HI/c1-14-26-27-19(28(14)2)11-22-20(21-10-15-4-7-17(30-3)8-5-15)25-16-6-9-18-23-13-24-29(18)12-16;/h4-5,7-8,13,16H,6,9-12H2,1-3H3,(H2,21,22,25);1H. The van der Waals surface area contributed by atoms with Gasteiger partial charge in [-0.1, -0.05) is 12.1 Å². The van der Waals surface area contributed by atoms with E-state index in [0.717, 1.165) is 54.1 Å². The Hall–Kier alpha value is -2.70. The molecular weight excluding hydrogens is 509 g/mol. The molecule has 0 saturated carbocycles. The molecule has 0 saturated heterocycles. The summed E-state index contributed by atoms with van der Waals surface area (Å²) in [7, 11) is 3.62. The Morgan fingerprint density at radius 3 is 2.77 bits per heavy atom. The molecular formula is C20H28IN9O. The summed E-state index contributed by atoms with van der Waals surface area (Å²) in [5.41, 5.74) is 1.11. The Labute approximate surface area is 198 Å². The summed E-state index contributed by atoms with van der Waals surface area (Å²) >= 11 is 0. The number of aromatic nitrogens is 6. The molecule has 4 rings (SSSR count). The third-order valence-corrected chi connectivity index (χ3v) is 5.32. The first kappa shape index (κ1) is 23.0. The lowest BCUT2D eigenvalue weighted by atomic mass is 10.1. The van der Waals surface area contributed by atoms with Gasteiger partial charge in [0, 0.05) is 19.5 Å². The molecule has 31 heavy (non-hydrogen) atoms. The summed E-state index contributed by atoms with van der Waals surface area (Å²) in [4.78, 5) is 9.09. The van der Waals surface area contributed by atoms with E-state index in [9.17, 15) is 0 Å². The highest BCUT2D eigenvalue weighted by Crippen LogP contribution is 2.13. The molecule has 1 aromatic carbocycles. The van der Waals surface area contributed by atoms with Crippen LogP contribution in [-0.2, 0) is 33.1 Å². The summed E-state index contributed by atoms with van der Waals surface area (Å²) < 4.78 is 9.15. The molecule has 0 bridgehead atoms. The molecule has 1 atom stereocenters. The second kappa shape index (κ2) is 10.6. The summed E-state index contributed by atoms with van der Waals surface area (Å²) in [5, 5.41) is 19.6. The maximum absolute atomic E-state index is 5.23. The highest BCUT2D eigenvalue weighted by atomic mass is 127. The molecule has 2 aromatic heterocycles. The quantitative estimate of drug-likeness (QED) is 0.280. The van der Waals surface area contributed by atoms with Crippen LogP contribution < -0.4 is 15.4 Å². The lowest BCUT2D eigenvalue weighted by molar-refractivity contribution is 0.392. The van der Waals surface area contributed by atoms with Gasteiger partial charge in [0.1, 0.15) is 23.7 Å². The molecule has 0 spiro atoms. The molecule has 11 heteroatoms. The van der Waals surface area contributed by atoms with Crippen LogP contribution in [0, 0.1) is 6.92 Å². The fraction of sp³-hybridized carbons (Fsp3) is 0.450. The van der Waals surface area contributed by atoms with E-state index in [1.54, 1.807) is 13.4 Å². The number of aryl methyl sites for hydroxylation is 2. The Kier molecular flexibility index (Phi) is 7.82. The first-order valence-corrected chi connectivity index (χ1v) is 10.0. The highest BCUT2D eigenvalue weighted by molar-refractivity contribution is 14.0. The normalized spacial score (nSPS) is 15.7. The minimum atomic E-state index is 0. The number of methoxy groups -OCH3 is 1. The van der Waals surface area contributed by atoms with Crippen LogP contribution in [0.25, 0.3) is 0 Å². The fourth-order valence-corrected chi connectivity index (χ4v) is 3.37. The van der Waals surface area contributed by atoms with Gasteiger partial charge in [0.25, 0.3) is 0 Å². The van der Waals surface area contributed by atoms with Crippen LogP contribution in [-0.4, -0.2) is 48.6 Å². The number of nitrogens with one attached hydrogen (secondary N) is 2. The SMILES string of the molecule is COc1ccc(CN=C(NCc2nnc(C)n2C)NC2CCc3ncnn3C2)cc1.I. The van der Waals surface area contributed by atoms with Gasteiger partial charge in [-0.15, -0.1) is 34.2 Å². The first-order chi connectivity index (χ1) is 14.6. The number of fused-ring (bicyclic) bond motifs is 1. The van der Waals surface area contributed by atoms with Crippen LogP contribution in [0.3, 0.4) is 0 Å². The number of benzene rings is 1. The maximum atomic E-state index is 5.23. The molecule has 3 aromatic rings. The topological polar surface area (TPSA) is 107 Å². The minimum absolute atomic E-state index is 0. The van der Waals surface area contributed by atoms with Crippen molar-refractivity contribution in [3.8, 4) is 5.75 Å². The Bertz CT molecular complexity index is 1010. The number of guanidine groups is 1. The number of halogens is 1. The third-order valence-electron chi connectivity index (χ3n) is 5.32. The van der Waals surface area contributed by atoms with Gasteiger partial charge in [-0.25, -0.2) is 14.7 Å². The van der Waals surface area contributed by atoms with Gasteiger partial charge in [0.05, 0.1) is 26.7 Å². The molecule has 1 aliphatic heterocycles. The van der Waals surface area contributed by atoms with E-state index < -0.39 is 0 Å². The summed E-state index contributed by atoms with van der Waals surface area (Å²) in [6, 6.07) is 8.16. The number of nitrogens with zero attached hydrogens (tertiary/aromatic N) is 7. The van der Waals surface area contributed by atoms with Crippen LogP contribution in [0.4, 0.5) is 0 Å². The second-order valence-corrected chi connectivity index (χ2v) is 7.33. The van der Waals surface area contributed by atoms with E-state index in [1.165, 1.54) is 0 Å². The number of hydrogen-bond donors (Lipinski definition) is 2. The van der Waals surface area contributed by atoms with Gasteiger partial charge in [-0.3, -0.25) is 0 Å². The molecule has 1 aliphatic rings. The molecule has 0 amide bonds.